The highest BCUT2D eigenvalue weighted by atomic mass is 79.9. The Hall–Kier alpha value is -3.37. The fourth-order valence-corrected chi connectivity index (χ4v) is 4.32. The third-order valence-corrected chi connectivity index (χ3v) is 6.40. The zero-order valence-corrected chi connectivity index (χ0v) is 21.9. The molecule has 1 N–H and O–H groups in total. The van der Waals surface area contributed by atoms with Gasteiger partial charge >= 0.3 is 10.1 Å². The van der Waals surface area contributed by atoms with Gasteiger partial charge in [-0.05, 0) is 69.3 Å². The first-order chi connectivity index (χ1) is 16.7. The second-order valence-electron chi connectivity index (χ2n) is 7.26. The first kappa shape index (κ1) is 26.2. The number of hydrogen-bond donors (Lipinski definition) is 1. The topological polar surface area (TPSA) is 103 Å². The Morgan fingerprint density at radius 3 is 2.29 bits per heavy atom. The molecule has 0 saturated heterocycles. The number of halogens is 1. The number of nitrogens with one attached hydrogen (secondary N) is 1. The molecule has 0 aliphatic heterocycles. The number of benzene rings is 3. The predicted molar refractivity (Wildman–Crippen MR) is 137 cm³/mol. The number of carbonyl (C=O) groups excluding carboxylic acids is 1. The maximum absolute atomic E-state index is 12.7. The lowest BCUT2D eigenvalue weighted by molar-refractivity contribution is 0.0954. The van der Waals surface area contributed by atoms with Crippen LogP contribution in [0.15, 0.2) is 75.1 Å². The van der Waals surface area contributed by atoms with E-state index in [9.17, 15) is 13.2 Å². The number of carbonyl (C=O) groups is 1. The molecule has 0 aliphatic carbocycles. The van der Waals surface area contributed by atoms with Gasteiger partial charge < -0.3 is 13.7 Å². The van der Waals surface area contributed by atoms with Crippen molar-refractivity contribution in [3.05, 3.63) is 81.8 Å². The molecule has 0 atom stereocenters. The molecule has 184 valence electrons. The van der Waals surface area contributed by atoms with E-state index in [1.54, 1.807) is 42.5 Å². The van der Waals surface area contributed by atoms with Gasteiger partial charge in [-0.15, -0.1) is 0 Å². The SMILES string of the molecule is CCOc1ccc(C(=O)N/N=C/c2cc(Br)ccc2OS(=O)(=O)c2ccc(C)cc2)cc1OCC. The monoisotopic (exact) mass is 560 g/mol. The summed E-state index contributed by atoms with van der Waals surface area (Å²) in [5, 5.41) is 3.98. The molecular formula is C25H25BrN2O6S. The molecule has 0 radical (unpaired) electrons. The van der Waals surface area contributed by atoms with Gasteiger partial charge in [0.15, 0.2) is 17.2 Å². The van der Waals surface area contributed by atoms with Gasteiger partial charge in [0.05, 0.1) is 19.4 Å². The molecule has 3 rings (SSSR count). The number of amides is 1. The lowest BCUT2D eigenvalue weighted by Gasteiger charge is -2.12. The van der Waals surface area contributed by atoms with Crippen molar-refractivity contribution in [1.29, 1.82) is 0 Å². The van der Waals surface area contributed by atoms with Crippen LogP contribution >= 0.6 is 15.9 Å². The van der Waals surface area contributed by atoms with E-state index in [0.717, 1.165) is 5.56 Å². The molecule has 0 aromatic heterocycles. The minimum absolute atomic E-state index is 0.0304. The van der Waals surface area contributed by atoms with Gasteiger partial charge in [-0.1, -0.05) is 33.6 Å². The second kappa shape index (κ2) is 11.9. The molecule has 3 aromatic carbocycles. The maximum atomic E-state index is 12.7. The van der Waals surface area contributed by atoms with E-state index in [1.165, 1.54) is 24.4 Å². The maximum Gasteiger partial charge on any atom is 0.339 e. The average Bonchev–Trinajstić information content (AvgIpc) is 2.82. The molecule has 0 saturated carbocycles. The van der Waals surface area contributed by atoms with Crippen LogP contribution in [0, 0.1) is 6.92 Å². The largest absolute Gasteiger partial charge is 0.490 e. The summed E-state index contributed by atoms with van der Waals surface area (Å²) in [6.07, 6.45) is 1.31. The second-order valence-corrected chi connectivity index (χ2v) is 9.72. The first-order valence-corrected chi connectivity index (χ1v) is 13.0. The summed E-state index contributed by atoms with van der Waals surface area (Å²) < 4.78 is 42.5. The smallest absolute Gasteiger partial charge is 0.339 e. The van der Waals surface area contributed by atoms with Crippen molar-refractivity contribution < 1.29 is 26.9 Å². The van der Waals surface area contributed by atoms with Gasteiger partial charge in [0.1, 0.15) is 4.90 Å². The number of nitrogens with zero attached hydrogens (tertiary/aromatic N) is 1. The summed E-state index contributed by atoms with van der Waals surface area (Å²) in [5.74, 6) is 0.580. The molecular weight excluding hydrogens is 536 g/mol. The Morgan fingerprint density at radius 1 is 0.943 bits per heavy atom. The van der Waals surface area contributed by atoms with Crippen LogP contribution in [-0.2, 0) is 10.1 Å². The Labute approximate surface area is 213 Å². The van der Waals surface area contributed by atoms with Crippen molar-refractivity contribution in [1.82, 2.24) is 5.43 Å². The standard InChI is InChI=1S/C25H25BrN2O6S/c1-4-32-23-12-8-18(15-24(23)33-5-2)25(29)28-27-16-19-14-20(26)9-13-22(19)34-35(30,31)21-10-6-17(3)7-11-21/h6-16H,4-5H2,1-3H3,(H,28,29)/b27-16+. The summed E-state index contributed by atoms with van der Waals surface area (Å²) in [4.78, 5) is 12.6. The van der Waals surface area contributed by atoms with Crippen LogP contribution in [-0.4, -0.2) is 33.8 Å². The highest BCUT2D eigenvalue weighted by Crippen LogP contribution is 2.29. The molecule has 35 heavy (non-hydrogen) atoms. The van der Waals surface area contributed by atoms with Crippen LogP contribution in [0.3, 0.4) is 0 Å². The number of hydrazone groups is 1. The molecule has 3 aromatic rings. The van der Waals surface area contributed by atoms with E-state index in [0.29, 0.717) is 40.3 Å². The quantitative estimate of drug-likeness (QED) is 0.210. The van der Waals surface area contributed by atoms with Crippen LogP contribution in [0.4, 0.5) is 0 Å². The molecule has 1 amide bonds. The Morgan fingerprint density at radius 2 is 1.60 bits per heavy atom. The first-order valence-electron chi connectivity index (χ1n) is 10.8. The van der Waals surface area contributed by atoms with Crippen LogP contribution in [0.2, 0.25) is 0 Å². The lowest BCUT2D eigenvalue weighted by atomic mass is 10.2. The van der Waals surface area contributed by atoms with Crippen molar-refractivity contribution >= 4 is 38.2 Å². The number of rotatable bonds is 10. The van der Waals surface area contributed by atoms with Crippen molar-refractivity contribution in [3.8, 4) is 17.2 Å². The highest BCUT2D eigenvalue weighted by Gasteiger charge is 2.18. The summed E-state index contributed by atoms with van der Waals surface area (Å²) in [6, 6.07) is 15.9. The predicted octanol–water partition coefficient (Wildman–Crippen LogP) is 5.09. The zero-order valence-electron chi connectivity index (χ0n) is 19.4. The molecule has 0 heterocycles. The molecule has 0 fully saturated rings. The summed E-state index contributed by atoms with van der Waals surface area (Å²) in [5.41, 5.74) is 4.02. The van der Waals surface area contributed by atoms with Gasteiger partial charge in [0.2, 0.25) is 0 Å². The molecule has 8 nitrogen and oxygen atoms in total. The van der Waals surface area contributed by atoms with Gasteiger partial charge in [-0.25, -0.2) is 5.43 Å². The highest BCUT2D eigenvalue weighted by molar-refractivity contribution is 9.10. The number of ether oxygens (including phenoxy) is 2. The zero-order chi connectivity index (χ0) is 25.4. The van der Waals surface area contributed by atoms with Crippen molar-refractivity contribution in [2.45, 2.75) is 25.7 Å². The van der Waals surface area contributed by atoms with E-state index in [2.05, 4.69) is 26.5 Å². The van der Waals surface area contributed by atoms with E-state index in [4.69, 9.17) is 13.7 Å². The molecule has 0 bridgehead atoms. The van der Waals surface area contributed by atoms with Crippen molar-refractivity contribution in [2.75, 3.05) is 13.2 Å². The third-order valence-electron chi connectivity index (χ3n) is 4.66. The fourth-order valence-electron chi connectivity index (χ4n) is 2.98. The summed E-state index contributed by atoms with van der Waals surface area (Å²) >= 11 is 3.35. The van der Waals surface area contributed by atoms with E-state index >= 15 is 0 Å². The Kier molecular flexibility index (Phi) is 8.89. The van der Waals surface area contributed by atoms with Crippen LogP contribution in [0.1, 0.15) is 35.3 Å². The van der Waals surface area contributed by atoms with Crippen LogP contribution < -0.4 is 19.1 Å². The third kappa shape index (κ3) is 7.06. The molecule has 0 spiro atoms. The normalized spacial score (nSPS) is 11.3. The fraction of sp³-hybridized carbons (Fsp3) is 0.200. The Bertz CT molecular complexity index is 1320. The minimum atomic E-state index is -4.06. The van der Waals surface area contributed by atoms with Gasteiger partial charge in [-0.2, -0.15) is 13.5 Å². The molecule has 10 heteroatoms. The lowest BCUT2D eigenvalue weighted by Crippen LogP contribution is -2.18. The van der Waals surface area contributed by atoms with Gasteiger partial charge in [0.25, 0.3) is 5.91 Å². The molecule has 0 unspecified atom stereocenters. The van der Waals surface area contributed by atoms with E-state index in [-0.39, 0.29) is 10.6 Å². The van der Waals surface area contributed by atoms with E-state index in [1.807, 2.05) is 20.8 Å². The minimum Gasteiger partial charge on any atom is -0.490 e. The number of aryl methyl sites for hydroxylation is 1. The number of hydrogen-bond acceptors (Lipinski definition) is 7. The van der Waals surface area contributed by atoms with Gasteiger partial charge in [-0.3, -0.25) is 4.79 Å². The Balaban J connectivity index is 1.78. The summed E-state index contributed by atoms with van der Waals surface area (Å²) in [6.45, 7) is 6.44. The van der Waals surface area contributed by atoms with Crippen molar-refractivity contribution in [3.63, 3.8) is 0 Å². The molecule has 0 aliphatic rings. The average molecular weight is 561 g/mol. The van der Waals surface area contributed by atoms with Gasteiger partial charge in [0, 0.05) is 15.6 Å². The van der Waals surface area contributed by atoms with Crippen LogP contribution in [0.25, 0.3) is 0 Å². The van der Waals surface area contributed by atoms with Crippen LogP contribution in [0.5, 0.6) is 17.2 Å². The van der Waals surface area contributed by atoms with Crippen molar-refractivity contribution in [2.24, 2.45) is 5.10 Å². The summed E-state index contributed by atoms with van der Waals surface area (Å²) in [7, 11) is -4.06. The van der Waals surface area contributed by atoms with E-state index < -0.39 is 16.0 Å².